The number of hydrogen-bond donors (Lipinski definition) is 2. The van der Waals surface area contributed by atoms with Crippen molar-refractivity contribution in [1.29, 1.82) is 0 Å². The molecule has 4 rings (SSSR count). The van der Waals surface area contributed by atoms with Crippen LogP contribution in [-0.2, 0) is 16.0 Å². The summed E-state index contributed by atoms with van der Waals surface area (Å²) in [6.45, 7) is 1.74. The maximum atomic E-state index is 12.2. The fourth-order valence-electron chi connectivity index (χ4n) is 3.14. The number of aromatic nitrogens is 1. The Morgan fingerprint density at radius 3 is 2.92 bits per heavy atom. The molecule has 0 bridgehead atoms. The largest absolute Gasteiger partial charge is 0.493 e. The van der Waals surface area contributed by atoms with Gasteiger partial charge >= 0.3 is 0 Å². The molecule has 2 aromatic carbocycles. The van der Waals surface area contributed by atoms with Gasteiger partial charge in [0.2, 0.25) is 11.8 Å². The summed E-state index contributed by atoms with van der Waals surface area (Å²) in [6, 6.07) is 12.9. The molecule has 0 saturated heterocycles. The summed E-state index contributed by atoms with van der Waals surface area (Å²) in [5, 5.41) is 18.3. The van der Waals surface area contributed by atoms with Crippen molar-refractivity contribution in [3.05, 3.63) is 53.6 Å². The number of nitrogens with zero attached hydrogens (tertiary/aromatic N) is 3. The fourth-order valence-corrected chi connectivity index (χ4v) is 3.14. The summed E-state index contributed by atoms with van der Waals surface area (Å²) in [7, 11) is 0. The Hall–Kier alpha value is -3.48. The Balaban J connectivity index is 1.57. The van der Waals surface area contributed by atoms with Crippen molar-refractivity contribution >= 4 is 34.1 Å². The predicted octanol–water partition coefficient (Wildman–Crippen LogP) is 3.38. The van der Waals surface area contributed by atoms with Crippen molar-refractivity contribution in [2.45, 2.75) is 13.3 Å². The maximum absolute atomic E-state index is 12.2. The van der Waals surface area contributed by atoms with Crippen molar-refractivity contribution in [3.63, 3.8) is 0 Å². The van der Waals surface area contributed by atoms with Gasteiger partial charge in [0, 0.05) is 11.1 Å². The Morgan fingerprint density at radius 2 is 2.08 bits per heavy atom. The first-order valence-electron chi connectivity index (χ1n) is 8.17. The van der Waals surface area contributed by atoms with Crippen LogP contribution in [0, 0.1) is 6.92 Å². The van der Waals surface area contributed by atoms with Crippen LogP contribution in [0.5, 0.6) is 5.88 Å². The minimum Gasteiger partial charge on any atom is -0.493 e. The van der Waals surface area contributed by atoms with Crippen LogP contribution in [0.4, 0.5) is 11.4 Å². The number of aromatic hydroxyl groups is 1. The molecule has 0 radical (unpaired) electrons. The maximum Gasteiger partial charge on any atom is 0.284 e. The van der Waals surface area contributed by atoms with Gasteiger partial charge in [0.1, 0.15) is 6.54 Å². The molecule has 2 amide bonds. The number of fused-ring (bicyclic) bond motifs is 2. The third-order valence-corrected chi connectivity index (χ3v) is 4.39. The molecule has 26 heavy (non-hydrogen) atoms. The van der Waals surface area contributed by atoms with E-state index in [1.54, 1.807) is 6.07 Å². The third kappa shape index (κ3) is 2.73. The van der Waals surface area contributed by atoms with Gasteiger partial charge in [0.15, 0.2) is 5.69 Å². The molecule has 0 fully saturated rings. The van der Waals surface area contributed by atoms with Crippen molar-refractivity contribution in [2.24, 2.45) is 10.2 Å². The normalized spacial score (nSPS) is 13.7. The van der Waals surface area contributed by atoms with Crippen molar-refractivity contribution in [3.8, 4) is 5.88 Å². The number of hydrogen-bond acceptors (Lipinski definition) is 4. The van der Waals surface area contributed by atoms with E-state index < -0.39 is 5.91 Å². The molecule has 0 atom stereocenters. The van der Waals surface area contributed by atoms with Gasteiger partial charge in [-0.25, -0.2) is 0 Å². The van der Waals surface area contributed by atoms with Crippen molar-refractivity contribution in [2.75, 3.05) is 11.4 Å². The summed E-state index contributed by atoms with van der Waals surface area (Å²) in [5.74, 6) is -0.846. The second-order valence-electron chi connectivity index (χ2n) is 6.25. The van der Waals surface area contributed by atoms with Gasteiger partial charge < -0.3 is 15.0 Å². The number of aryl methyl sites for hydroxylation is 1. The summed E-state index contributed by atoms with van der Waals surface area (Å²) >= 11 is 0. The van der Waals surface area contributed by atoms with Crippen LogP contribution >= 0.6 is 0 Å². The topological polar surface area (TPSA) is 98.1 Å². The zero-order valence-electron chi connectivity index (χ0n) is 14.1. The lowest BCUT2D eigenvalue weighted by Gasteiger charge is -2.14. The van der Waals surface area contributed by atoms with E-state index >= 15 is 0 Å². The summed E-state index contributed by atoms with van der Waals surface area (Å²) in [4.78, 5) is 28.6. The van der Waals surface area contributed by atoms with Gasteiger partial charge in [0.25, 0.3) is 5.91 Å². The Morgan fingerprint density at radius 1 is 1.27 bits per heavy atom. The Bertz CT molecular complexity index is 1070. The molecule has 2 N–H and O–H groups in total. The first-order valence-corrected chi connectivity index (χ1v) is 8.17. The van der Waals surface area contributed by atoms with E-state index in [9.17, 15) is 14.7 Å². The molecule has 7 heteroatoms. The number of H-pyrrole nitrogens is 1. The molecule has 2 heterocycles. The lowest BCUT2D eigenvalue weighted by atomic mass is 10.2. The highest BCUT2D eigenvalue weighted by atomic mass is 16.3. The quantitative estimate of drug-likeness (QED) is 0.710. The lowest BCUT2D eigenvalue weighted by Crippen LogP contribution is -2.31. The smallest absolute Gasteiger partial charge is 0.284 e. The van der Waals surface area contributed by atoms with E-state index in [4.69, 9.17) is 0 Å². The summed E-state index contributed by atoms with van der Waals surface area (Å²) in [5.41, 5.74) is 3.54. The van der Waals surface area contributed by atoms with Gasteiger partial charge in [-0.05, 0) is 30.7 Å². The number of anilines is 1. The van der Waals surface area contributed by atoms with E-state index in [0.29, 0.717) is 10.9 Å². The minimum absolute atomic E-state index is 0.139. The van der Waals surface area contributed by atoms with Gasteiger partial charge in [-0.3, -0.25) is 9.59 Å². The molecule has 0 aliphatic carbocycles. The van der Waals surface area contributed by atoms with Crippen LogP contribution in [0.3, 0.4) is 0 Å². The van der Waals surface area contributed by atoms with Crippen LogP contribution in [0.25, 0.3) is 10.9 Å². The van der Waals surface area contributed by atoms with E-state index in [0.717, 1.165) is 16.8 Å². The van der Waals surface area contributed by atoms with E-state index in [1.807, 2.05) is 43.3 Å². The number of aromatic amines is 1. The molecular weight excluding hydrogens is 332 g/mol. The number of rotatable bonds is 3. The van der Waals surface area contributed by atoms with Crippen LogP contribution in [-0.4, -0.2) is 28.4 Å². The summed E-state index contributed by atoms with van der Waals surface area (Å²) in [6.07, 6.45) is 0.281. The van der Waals surface area contributed by atoms with Crippen molar-refractivity contribution in [1.82, 2.24) is 4.98 Å². The number of carbonyl (C=O) groups excluding carboxylic acids is 2. The van der Waals surface area contributed by atoms with Gasteiger partial charge in [-0.2, -0.15) is 0 Å². The van der Waals surface area contributed by atoms with Crippen LogP contribution in [0.1, 0.15) is 11.1 Å². The number of azo groups is 1. The van der Waals surface area contributed by atoms with Gasteiger partial charge in [0.05, 0.1) is 11.9 Å². The fraction of sp³-hybridized carbons (Fsp3) is 0.158. The molecule has 1 aliphatic heterocycles. The SMILES string of the molecule is Cc1ccc2[nH]c(O)c(N=NC(=O)CN3C(=O)Cc4ccccc43)c2c1. The number of benzene rings is 2. The molecule has 1 aliphatic rings. The molecule has 1 aromatic heterocycles. The van der Waals surface area contributed by atoms with Gasteiger partial charge in [-0.15, -0.1) is 10.2 Å². The molecule has 7 nitrogen and oxygen atoms in total. The van der Waals surface area contributed by atoms with Crippen LogP contribution in [0.2, 0.25) is 0 Å². The lowest BCUT2D eigenvalue weighted by molar-refractivity contribution is -0.121. The zero-order valence-corrected chi connectivity index (χ0v) is 14.1. The number of para-hydroxylation sites is 1. The van der Waals surface area contributed by atoms with E-state index in [1.165, 1.54) is 4.90 Å². The average molecular weight is 348 g/mol. The third-order valence-electron chi connectivity index (χ3n) is 4.39. The first-order chi connectivity index (χ1) is 12.5. The minimum atomic E-state index is -0.559. The van der Waals surface area contributed by atoms with E-state index in [2.05, 4.69) is 15.2 Å². The second-order valence-corrected chi connectivity index (χ2v) is 6.25. The first kappa shape index (κ1) is 16.0. The molecule has 0 unspecified atom stereocenters. The molecule has 0 saturated carbocycles. The van der Waals surface area contributed by atoms with Crippen LogP contribution in [0.15, 0.2) is 52.7 Å². The molecule has 130 valence electrons. The van der Waals surface area contributed by atoms with E-state index in [-0.39, 0.29) is 30.4 Å². The monoisotopic (exact) mass is 348 g/mol. The molecule has 0 spiro atoms. The zero-order chi connectivity index (χ0) is 18.3. The van der Waals surface area contributed by atoms with Crippen molar-refractivity contribution < 1.29 is 14.7 Å². The highest BCUT2D eigenvalue weighted by molar-refractivity contribution is 6.05. The highest BCUT2D eigenvalue weighted by Gasteiger charge is 2.28. The second kappa shape index (κ2) is 6.11. The van der Waals surface area contributed by atoms with Gasteiger partial charge in [-0.1, -0.05) is 29.8 Å². The predicted molar refractivity (Wildman–Crippen MR) is 96.7 cm³/mol. The average Bonchev–Trinajstić information content (AvgIpc) is 3.09. The number of nitrogens with one attached hydrogen (secondary N) is 1. The molecule has 3 aromatic rings. The highest BCUT2D eigenvalue weighted by Crippen LogP contribution is 2.36. The number of amides is 2. The Kier molecular flexibility index (Phi) is 3.76. The Labute approximate surface area is 149 Å². The summed E-state index contributed by atoms with van der Waals surface area (Å²) < 4.78 is 0. The van der Waals surface area contributed by atoms with Crippen LogP contribution < -0.4 is 4.90 Å². The number of carbonyl (C=O) groups is 2. The standard InChI is InChI=1S/C19H16N4O3/c1-11-6-7-14-13(8-11)18(19(26)20-14)22-21-16(24)10-23-15-5-3-2-4-12(15)9-17(23)25/h2-8,20,26H,9-10H2,1H3. The molecular formula is C19H16N4O3.